The van der Waals surface area contributed by atoms with Gasteiger partial charge in [-0.2, -0.15) is 0 Å². The summed E-state index contributed by atoms with van der Waals surface area (Å²) in [6.45, 7) is 2.47. The lowest BCUT2D eigenvalue weighted by Crippen LogP contribution is -2.23. The minimum Gasteiger partial charge on any atom is -0.458 e. The van der Waals surface area contributed by atoms with Gasteiger partial charge in [0.15, 0.2) is 0 Å². The predicted octanol–water partition coefficient (Wildman–Crippen LogP) is 4.31. The van der Waals surface area contributed by atoms with Crippen LogP contribution in [0.3, 0.4) is 0 Å². The molecule has 0 saturated carbocycles. The Kier molecular flexibility index (Phi) is 10.4. The van der Waals surface area contributed by atoms with Crippen LogP contribution in [0, 0.1) is 20.2 Å². The van der Waals surface area contributed by atoms with Crippen LogP contribution in [0.1, 0.15) is 55.3 Å². The van der Waals surface area contributed by atoms with Crippen molar-refractivity contribution in [3.63, 3.8) is 0 Å². The minimum atomic E-state index is -0.817. The second kappa shape index (κ2) is 14.1. The topological polar surface area (TPSA) is 191 Å². The number of benzene rings is 3. The van der Waals surface area contributed by atoms with Crippen LogP contribution in [0.4, 0.5) is 11.4 Å². The third kappa shape index (κ3) is 8.67. The molecule has 14 heteroatoms. The van der Waals surface area contributed by atoms with Crippen LogP contribution in [0.15, 0.2) is 72.8 Å². The van der Waals surface area contributed by atoms with E-state index in [2.05, 4.69) is 0 Å². The maximum atomic E-state index is 12.3. The lowest BCUT2D eigenvalue weighted by atomic mass is 10.1. The van der Waals surface area contributed by atoms with Gasteiger partial charge in [-0.05, 0) is 62.4 Å². The van der Waals surface area contributed by atoms with Gasteiger partial charge >= 0.3 is 23.9 Å². The second-order valence-corrected chi connectivity index (χ2v) is 8.81. The molecule has 0 amide bonds. The van der Waals surface area contributed by atoms with Crippen molar-refractivity contribution in [2.24, 2.45) is 0 Å². The highest BCUT2D eigenvalue weighted by molar-refractivity contribution is 5.93. The maximum Gasteiger partial charge on any atom is 0.338 e. The van der Waals surface area contributed by atoms with E-state index < -0.39 is 45.9 Å². The highest BCUT2D eigenvalue weighted by Crippen LogP contribution is 2.15. The minimum absolute atomic E-state index is 0.0956. The van der Waals surface area contributed by atoms with Crippen molar-refractivity contribution >= 4 is 35.3 Å². The van der Waals surface area contributed by atoms with Crippen molar-refractivity contribution in [2.45, 2.75) is 26.1 Å². The van der Waals surface area contributed by atoms with E-state index in [1.54, 1.807) is 0 Å². The standard InChI is InChI=1S/C28H24N2O12/c1-17(41-27(33)21-7-11-23(12-8-21)29(35)36)15-39-25(31)19-3-5-20(6-4-19)26(32)40-16-18(2)42-28(34)22-9-13-24(14-10-22)30(37)38/h3-14,17-18H,15-16H2,1-2H3. The molecule has 2 unspecified atom stereocenters. The summed E-state index contributed by atoms with van der Waals surface area (Å²) in [5.41, 5.74) is 0.0720. The van der Waals surface area contributed by atoms with Crippen LogP contribution in [0.25, 0.3) is 0 Å². The Balaban J connectivity index is 1.42. The Morgan fingerprint density at radius 1 is 0.548 bits per heavy atom. The molecule has 0 aliphatic carbocycles. The average molecular weight is 581 g/mol. The lowest BCUT2D eigenvalue weighted by molar-refractivity contribution is -0.385. The first-order valence-electron chi connectivity index (χ1n) is 12.3. The SMILES string of the molecule is CC(COC(=O)c1ccc(C(=O)OCC(C)OC(=O)c2ccc([N+](=O)[O-])cc2)cc1)OC(=O)c1ccc([N+](=O)[O-])cc1. The number of hydrogen-bond acceptors (Lipinski definition) is 12. The molecule has 3 aromatic rings. The van der Waals surface area contributed by atoms with Crippen LogP contribution < -0.4 is 0 Å². The number of non-ortho nitro benzene ring substituents is 2. The summed E-state index contributed by atoms with van der Waals surface area (Å²) in [4.78, 5) is 69.3. The molecule has 14 nitrogen and oxygen atoms in total. The van der Waals surface area contributed by atoms with Gasteiger partial charge < -0.3 is 18.9 Å². The fourth-order valence-electron chi connectivity index (χ4n) is 3.30. The van der Waals surface area contributed by atoms with E-state index in [0.717, 1.165) is 0 Å². The molecule has 0 saturated heterocycles. The summed E-state index contributed by atoms with van der Waals surface area (Å²) in [7, 11) is 0. The first kappa shape index (κ1) is 30.9. The van der Waals surface area contributed by atoms with Gasteiger partial charge in [0.25, 0.3) is 11.4 Å². The number of nitro groups is 2. The molecule has 0 bridgehead atoms. The molecule has 0 aliphatic rings. The van der Waals surface area contributed by atoms with Gasteiger partial charge in [-0.15, -0.1) is 0 Å². The molecule has 0 radical (unpaired) electrons. The van der Waals surface area contributed by atoms with Crippen LogP contribution in [0.5, 0.6) is 0 Å². The fraction of sp³-hybridized carbons (Fsp3) is 0.214. The molecule has 2 atom stereocenters. The third-order valence-electron chi connectivity index (χ3n) is 5.50. The van der Waals surface area contributed by atoms with Crippen molar-refractivity contribution in [1.29, 1.82) is 0 Å². The van der Waals surface area contributed by atoms with Crippen molar-refractivity contribution in [2.75, 3.05) is 13.2 Å². The summed E-state index contributed by atoms with van der Waals surface area (Å²) in [6, 6.07) is 15.0. The van der Waals surface area contributed by atoms with E-state index >= 15 is 0 Å². The van der Waals surface area contributed by atoms with Crippen molar-refractivity contribution in [3.05, 3.63) is 115 Å². The quantitative estimate of drug-likeness (QED) is 0.128. The predicted molar refractivity (Wildman–Crippen MR) is 143 cm³/mol. The summed E-state index contributed by atoms with van der Waals surface area (Å²) in [5, 5.41) is 21.4. The van der Waals surface area contributed by atoms with Gasteiger partial charge in [0, 0.05) is 24.3 Å². The fourth-order valence-corrected chi connectivity index (χ4v) is 3.30. The molecule has 3 aromatic carbocycles. The summed E-state index contributed by atoms with van der Waals surface area (Å²) in [6.07, 6.45) is -1.63. The number of carbonyl (C=O) groups excluding carboxylic acids is 4. The van der Waals surface area contributed by atoms with Gasteiger partial charge in [0.2, 0.25) is 0 Å². The molecule has 0 fully saturated rings. The van der Waals surface area contributed by atoms with Crippen molar-refractivity contribution < 1.29 is 48.0 Å². The van der Waals surface area contributed by atoms with E-state index in [9.17, 15) is 39.4 Å². The molecule has 0 N–H and O–H groups in total. The number of esters is 4. The van der Waals surface area contributed by atoms with Gasteiger partial charge in [-0.1, -0.05) is 0 Å². The molecule has 0 spiro atoms. The van der Waals surface area contributed by atoms with Crippen LogP contribution >= 0.6 is 0 Å². The van der Waals surface area contributed by atoms with E-state index in [-0.39, 0.29) is 46.8 Å². The summed E-state index contributed by atoms with van der Waals surface area (Å²) < 4.78 is 20.6. The van der Waals surface area contributed by atoms with Crippen molar-refractivity contribution in [3.8, 4) is 0 Å². The third-order valence-corrected chi connectivity index (χ3v) is 5.50. The van der Waals surface area contributed by atoms with Crippen LogP contribution in [-0.2, 0) is 18.9 Å². The monoisotopic (exact) mass is 580 g/mol. The van der Waals surface area contributed by atoms with E-state index in [1.165, 1.54) is 86.6 Å². The number of nitro benzene ring substituents is 2. The first-order chi connectivity index (χ1) is 19.9. The smallest absolute Gasteiger partial charge is 0.338 e. The Morgan fingerprint density at radius 2 is 0.810 bits per heavy atom. The molecule has 3 rings (SSSR count). The van der Waals surface area contributed by atoms with Gasteiger partial charge in [0.05, 0.1) is 32.1 Å². The average Bonchev–Trinajstić information content (AvgIpc) is 2.98. The summed E-state index contributed by atoms with van der Waals surface area (Å²) >= 11 is 0. The number of ether oxygens (including phenoxy) is 4. The molecule has 0 aliphatic heterocycles. The van der Waals surface area contributed by atoms with E-state index in [1.807, 2.05) is 0 Å². The zero-order chi connectivity index (χ0) is 30.8. The maximum absolute atomic E-state index is 12.3. The lowest BCUT2D eigenvalue weighted by Gasteiger charge is -2.14. The molecule has 0 aromatic heterocycles. The Hall–Kier alpha value is -5.66. The molecule has 0 heterocycles. The summed E-state index contributed by atoms with van der Waals surface area (Å²) in [5.74, 6) is -2.96. The normalized spacial score (nSPS) is 11.9. The Labute approximate surface area is 238 Å². The zero-order valence-electron chi connectivity index (χ0n) is 22.3. The van der Waals surface area contributed by atoms with Crippen molar-refractivity contribution in [1.82, 2.24) is 0 Å². The highest BCUT2D eigenvalue weighted by atomic mass is 16.6. The number of rotatable bonds is 12. The molecule has 218 valence electrons. The first-order valence-corrected chi connectivity index (χ1v) is 12.3. The number of nitrogens with zero attached hydrogens (tertiary/aromatic N) is 2. The van der Waals surface area contributed by atoms with E-state index in [0.29, 0.717) is 0 Å². The largest absolute Gasteiger partial charge is 0.458 e. The molecular weight excluding hydrogens is 556 g/mol. The molecule has 42 heavy (non-hydrogen) atoms. The van der Waals surface area contributed by atoms with E-state index in [4.69, 9.17) is 18.9 Å². The number of carbonyl (C=O) groups is 4. The van der Waals surface area contributed by atoms with Gasteiger partial charge in [0.1, 0.15) is 25.4 Å². The van der Waals surface area contributed by atoms with Gasteiger partial charge in [-0.3, -0.25) is 20.2 Å². The number of hydrogen-bond donors (Lipinski definition) is 0. The second-order valence-electron chi connectivity index (χ2n) is 8.81. The highest BCUT2D eigenvalue weighted by Gasteiger charge is 2.18. The van der Waals surface area contributed by atoms with Crippen LogP contribution in [0.2, 0.25) is 0 Å². The Morgan fingerprint density at radius 3 is 1.10 bits per heavy atom. The molecular formula is C28H24N2O12. The zero-order valence-corrected chi connectivity index (χ0v) is 22.3. The Bertz CT molecular complexity index is 1360. The van der Waals surface area contributed by atoms with Gasteiger partial charge in [-0.25, -0.2) is 19.2 Å². The van der Waals surface area contributed by atoms with Crippen LogP contribution in [-0.4, -0.2) is 59.1 Å².